The number of amides is 2. The molecule has 7 heteroatoms. The Morgan fingerprint density at radius 1 is 1.33 bits per heavy atom. The molecule has 3 N–H and O–H groups in total. The summed E-state index contributed by atoms with van der Waals surface area (Å²) in [5.41, 5.74) is 4.33. The van der Waals surface area contributed by atoms with Crippen LogP contribution >= 0.6 is 0 Å². The van der Waals surface area contributed by atoms with E-state index in [2.05, 4.69) is 10.6 Å². The van der Waals surface area contributed by atoms with E-state index in [0.717, 1.165) is 12.1 Å². The number of hydrogen-bond acceptors (Lipinski definition) is 2. The number of anilines is 2. The quantitative estimate of drug-likeness (QED) is 0.651. The standard InChI is InChI=1S/C8H5F3N3O/c9-8(10,11)3-1-4(12)6-5(2-3)13-7(15)14-6/h1-2H,12H2,(H,13,15). The van der Waals surface area contributed by atoms with Gasteiger partial charge >= 0.3 is 12.2 Å². The van der Waals surface area contributed by atoms with Crippen LogP contribution in [0, 0.1) is 0 Å². The summed E-state index contributed by atoms with van der Waals surface area (Å²) < 4.78 is 37.0. The molecule has 1 aliphatic rings. The summed E-state index contributed by atoms with van der Waals surface area (Å²) in [7, 11) is 0. The maximum Gasteiger partial charge on any atom is 0.416 e. The van der Waals surface area contributed by atoms with Crippen molar-refractivity contribution in [1.82, 2.24) is 5.32 Å². The van der Waals surface area contributed by atoms with E-state index in [-0.39, 0.29) is 17.1 Å². The van der Waals surface area contributed by atoms with E-state index in [1.807, 2.05) is 0 Å². The Balaban J connectivity index is 2.54. The van der Waals surface area contributed by atoms with Crippen LogP contribution in [0.5, 0.6) is 0 Å². The van der Waals surface area contributed by atoms with E-state index in [4.69, 9.17) is 5.73 Å². The van der Waals surface area contributed by atoms with Crippen LogP contribution in [0.3, 0.4) is 0 Å². The first-order chi connectivity index (χ1) is 6.88. The number of nitrogen functional groups attached to an aromatic ring is 1. The molecule has 79 valence electrons. The van der Waals surface area contributed by atoms with Gasteiger partial charge in [0.2, 0.25) is 0 Å². The minimum Gasteiger partial charge on any atom is -0.397 e. The zero-order valence-corrected chi connectivity index (χ0v) is 7.22. The molecule has 1 aromatic rings. The Hall–Kier alpha value is -1.92. The van der Waals surface area contributed by atoms with Crippen molar-refractivity contribution in [2.45, 2.75) is 6.18 Å². The third-order valence-electron chi connectivity index (χ3n) is 1.92. The molecule has 0 atom stereocenters. The number of urea groups is 1. The minimum absolute atomic E-state index is 0.00711. The van der Waals surface area contributed by atoms with Gasteiger partial charge in [0.1, 0.15) is 5.69 Å². The molecule has 0 aromatic heterocycles. The van der Waals surface area contributed by atoms with Gasteiger partial charge in [0.25, 0.3) is 0 Å². The second-order valence-electron chi connectivity index (χ2n) is 3.00. The molecule has 0 aliphatic carbocycles. The molecule has 0 spiro atoms. The Kier molecular flexibility index (Phi) is 1.79. The van der Waals surface area contributed by atoms with Crippen LogP contribution in [0.4, 0.5) is 35.0 Å². The first-order valence-corrected chi connectivity index (χ1v) is 3.91. The number of rotatable bonds is 0. The SMILES string of the molecule is Nc1cc(C(F)(F)F)cc2c1[N]C(=O)N2. The summed E-state index contributed by atoms with van der Waals surface area (Å²) in [6.07, 6.45) is -4.49. The Bertz CT molecular complexity index is 441. The van der Waals surface area contributed by atoms with Gasteiger partial charge < -0.3 is 11.1 Å². The fourth-order valence-electron chi connectivity index (χ4n) is 1.29. The van der Waals surface area contributed by atoms with Crippen LogP contribution in [0.15, 0.2) is 12.1 Å². The lowest BCUT2D eigenvalue weighted by molar-refractivity contribution is -0.137. The van der Waals surface area contributed by atoms with Crippen molar-refractivity contribution >= 4 is 23.1 Å². The van der Waals surface area contributed by atoms with E-state index in [1.165, 1.54) is 0 Å². The highest BCUT2D eigenvalue weighted by atomic mass is 19.4. The van der Waals surface area contributed by atoms with Crippen molar-refractivity contribution in [3.05, 3.63) is 17.7 Å². The number of hydrogen-bond donors (Lipinski definition) is 2. The van der Waals surface area contributed by atoms with Crippen LogP contribution in [0.1, 0.15) is 5.56 Å². The summed E-state index contributed by atoms with van der Waals surface area (Å²) in [5.74, 6) is 0. The van der Waals surface area contributed by atoms with Crippen molar-refractivity contribution in [2.75, 3.05) is 11.1 Å². The van der Waals surface area contributed by atoms with Gasteiger partial charge in [-0.1, -0.05) is 0 Å². The van der Waals surface area contributed by atoms with E-state index in [1.54, 1.807) is 0 Å². The van der Waals surface area contributed by atoms with Gasteiger partial charge in [-0.05, 0) is 12.1 Å². The molecular weight excluding hydrogens is 211 g/mol. The summed E-state index contributed by atoms with van der Waals surface area (Å²) in [4.78, 5) is 10.8. The van der Waals surface area contributed by atoms with Gasteiger partial charge in [0, 0.05) is 0 Å². The number of nitrogens with zero attached hydrogens (tertiary/aromatic N) is 1. The fraction of sp³-hybridized carbons (Fsp3) is 0.125. The molecule has 0 unspecified atom stereocenters. The molecule has 2 amide bonds. The zero-order valence-electron chi connectivity index (χ0n) is 7.22. The largest absolute Gasteiger partial charge is 0.416 e. The van der Waals surface area contributed by atoms with Crippen LogP contribution in [0.25, 0.3) is 0 Å². The number of fused-ring (bicyclic) bond motifs is 1. The number of nitrogens with two attached hydrogens (primary N) is 1. The molecule has 1 aliphatic heterocycles. The first kappa shape index (κ1) is 9.63. The average Bonchev–Trinajstić information content (AvgIpc) is 2.44. The molecule has 0 bridgehead atoms. The highest BCUT2D eigenvalue weighted by molar-refractivity contribution is 6.05. The molecule has 2 rings (SSSR count). The normalized spacial score (nSPS) is 14.5. The molecule has 0 saturated heterocycles. The monoisotopic (exact) mass is 216 g/mol. The van der Waals surface area contributed by atoms with Gasteiger partial charge in [0.15, 0.2) is 0 Å². The molecule has 4 nitrogen and oxygen atoms in total. The minimum atomic E-state index is -4.49. The Labute approximate surface area is 82.3 Å². The predicted molar refractivity (Wildman–Crippen MR) is 46.7 cm³/mol. The smallest absolute Gasteiger partial charge is 0.397 e. The van der Waals surface area contributed by atoms with Gasteiger partial charge in [-0.25, -0.2) is 4.79 Å². The van der Waals surface area contributed by atoms with Gasteiger partial charge in [-0.3, -0.25) is 0 Å². The van der Waals surface area contributed by atoms with E-state index >= 15 is 0 Å². The average molecular weight is 216 g/mol. The van der Waals surface area contributed by atoms with Gasteiger partial charge in [-0.2, -0.15) is 18.5 Å². The molecule has 1 aromatic carbocycles. The number of halogens is 3. The second kappa shape index (κ2) is 2.78. The number of carbonyl (C=O) groups excluding carboxylic acids is 1. The van der Waals surface area contributed by atoms with Crippen molar-refractivity contribution in [2.24, 2.45) is 0 Å². The number of carbonyl (C=O) groups is 1. The van der Waals surface area contributed by atoms with Crippen molar-refractivity contribution < 1.29 is 18.0 Å². The molecule has 0 fully saturated rings. The number of alkyl halides is 3. The van der Waals surface area contributed by atoms with E-state index in [0.29, 0.717) is 0 Å². The summed E-state index contributed by atoms with van der Waals surface area (Å²) in [5, 5.41) is 5.60. The highest BCUT2D eigenvalue weighted by Gasteiger charge is 2.34. The second-order valence-corrected chi connectivity index (χ2v) is 3.00. The Morgan fingerprint density at radius 2 is 2.00 bits per heavy atom. The highest BCUT2D eigenvalue weighted by Crippen LogP contribution is 2.39. The van der Waals surface area contributed by atoms with E-state index in [9.17, 15) is 18.0 Å². The number of nitrogens with one attached hydrogen (secondary N) is 1. The molecule has 15 heavy (non-hydrogen) atoms. The Morgan fingerprint density at radius 3 is 2.60 bits per heavy atom. The van der Waals surface area contributed by atoms with Crippen LogP contribution < -0.4 is 16.4 Å². The molecule has 1 heterocycles. The maximum absolute atomic E-state index is 12.3. The van der Waals surface area contributed by atoms with Crippen LogP contribution in [-0.2, 0) is 6.18 Å². The molecular formula is C8H5F3N3O. The topological polar surface area (TPSA) is 69.2 Å². The molecule has 0 saturated carbocycles. The predicted octanol–water partition coefficient (Wildman–Crippen LogP) is 2.07. The van der Waals surface area contributed by atoms with Gasteiger partial charge in [0.05, 0.1) is 16.9 Å². The maximum atomic E-state index is 12.3. The summed E-state index contributed by atoms with van der Waals surface area (Å²) in [6.45, 7) is 0. The van der Waals surface area contributed by atoms with Crippen LogP contribution in [0.2, 0.25) is 0 Å². The van der Waals surface area contributed by atoms with E-state index < -0.39 is 17.8 Å². The lowest BCUT2D eigenvalue weighted by atomic mass is 10.1. The van der Waals surface area contributed by atoms with Crippen molar-refractivity contribution in [1.29, 1.82) is 0 Å². The lowest BCUT2D eigenvalue weighted by Gasteiger charge is -2.09. The summed E-state index contributed by atoms with van der Waals surface area (Å²) >= 11 is 0. The lowest BCUT2D eigenvalue weighted by Crippen LogP contribution is -2.08. The van der Waals surface area contributed by atoms with Gasteiger partial charge in [-0.15, -0.1) is 0 Å². The summed E-state index contributed by atoms with van der Waals surface area (Å²) in [6, 6.07) is 0.846. The molecule has 1 radical (unpaired) electrons. The van der Waals surface area contributed by atoms with Crippen molar-refractivity contribution in [3.63, 3.8) is 0 Å². The van der Waals surface area contributed by atoms with Crippen LogP contribution in [-0.4, -0.2) is 6.03 Å². The third kappa shape index (κ3) is 1.56. The third-order valence-corrected chi connectivity index (χ3v) is 1.92. The first-order valence-electron chi connectivity index (χ1n) is 3.91. The fourth-order valence-corrected chi connectivity index (χ4v) is 1.29. The van der Waals surface area contributed by atoms with Crippen molar-refractivity contribution in [3.8, 4) is 0 Å². The number of benzene rings is 1. The zero-order chi connectivity index (χ0) is 11.2.